The molecule has 1 aromatic heterocycles. The van der Waals surface area contributed by atoms with Gasteiger partial charge in [0.15, 0.2) is 11.6 Å². The molecule has 5 heteroatoms. The molecule has 2 rings (SSSR count). The van der Waals surface area contributed by atoms with Crippen molar-refractivity contribution in [3.05, 3.63) is 17.8 Å². The number of aromatic nitrogens is 2. The molecule has 3 nitrogen and oxygen atoms in total. The molecule has 2 heterocycles. The van der Waals surface area contributed by atoms with Gasteiger partial charge in [-0.25, -0.2) is 14.4 Å². The third kappa shape index (κ3) is 2.22. The van der Waals surface area contributed by atoms with Crippen LogP contribution >= 0.6 is 11.8 Å². The molecule has 1 aromatic rings. The normalized spacial score (nSPS) is 16.8. The molecular formula is C10H14FN3S. The second kappa shape index (κ2) is 4.79. The van der Waals surface area contributed by atoms with Crippen molar-refractivity contribution in [3.63, 3.8) is 0 Å². The summed E-state index contributed by atoms with van der Waals surface area (Å²) in [6, 6.07) is 0. The van der Waals surface area contributed by atoms with E-state index in [0.717, 1.165) is 24.6 Å². The van der Waals surface area contributed by atoms with E-state index in [4.69, 9.17) is 0 Å². The summed E-state index contributed by atoms with van der Waals surface area (Å²) in [7, 11) is 0. The molecule has 0 saturated carbocycles. The number of halogens is 1. The molecule has 0 atom stereocenters. The topological polar surface area (TPSA) is 29.0 Å². The zero-order chi connectivity index (χ0) is 10.7. The van der Waals surface area contributed by atoms with E-state index >= 15 is 0 Å². The van der Waals surface area contributed by atoms with Gasteiger partial charge in [0, 0.05) is 24.6 Å². The van der Waals surface area contributed by atoms with Crippen molar-refractivity contribution in [1.82, 2.24) is 9.97 Å². The molecule has 0 aliphatic carbocycles. The minimum Gasteiger partial charge on any atom is -0.352 e. The van der Waals surface area contributed by atoms with E-state index in [1.54, 1.807) is 0 Å². The van der Waals surface area contributed by atoms with E-state index in [1.165, 1.54) is 6.33 Å². The summed E-state index contributed by atoms with van der Waals surface area (Å²) in [6.45, 7) is 3.66. The van der Waals surface area contributed by atoms with Crippen LogP contribution in [0.4, 0.5) is 10.2 Å². The predicted octanol–water partition coefficient (Wildman–Crippen LogP) is 1.73. The maximum atomic E-state index is 13.9. The number of anilines is 1. The lowest BCUT2D eigenvalue weighted by Gasteiger charge is -2.27. The summed E-state index contributed by atoms with van der Waals surface area (Å²) in [4.78, 5) is 9.98. The van der Waals surface area contributed by atoms with Crippen molar-refractivity contribution in [2.45, 2.75) is 13.3 Å². The summed E-state index contributed by atoms with van der Waals surface area (Å²) in [5.41, 5.74) is 0.512. The summed E-state index contributed by atoms with van der Waals surface area (Å²) >= 11 is 1.90. The van der Waals surface area contributed by atoms with Crippen LogP contribution in [0.25, 0.3) is 0 Å². The van der Waals surface area contributed by atoms with Crippen LogP contribution in [0.1, 0.15) is 12.6 Å². The van der Waals surface area contributed by atoms with Crippen LogP contribution in [0.2, 0.25) is 0 Å². The van der Waals surface area contributed by atoms with Crippen molar-refractivity contribution in [2.24, 2.45) is 0 Å². The third-order valence-corrected chi connectivity index (χ3v) is 3.43. The van der Waals surface area contributed by atoms with Crippen molar-refractivity contribution in [1.29, 1.82) is 0 Å². The molecule has 15 heavy (non-hydrogen) atoms. The van der Waals surface area contributed by atoms with Gasteiger partial charge in [-0.15, -0.1) is 0 Å². The van der Waals surface area contributed by atoms with E-state index in [-0.39, 0.29) is 5.82 Å². The Morgan fingerprint density at radius 2 is 2.13 bits per heavy atom. The quantitative estimate of drug-likeness (QED) is 0.769. The average Bonchev–Trinajstić information content (AvgIpc) is 2.30. The molecular weight excluding hydrogens is 213 g/mol. The Morgan fingerprint density at radius 3 is 2.80 bits per heavy atom. The van der Waals surface area contributed by atoms with E-state index < -0.39 is 0 Å². The van der Waals surface area contributed by atoms with E-state index in [2.05, 4.69) is 9.97 Å². The SMILES string of the molecule is CCc1ncnc(N2CCSCC2)c1F. The zero-order valence-electron chi connectivity index (χ0n) is 8.74. The van der Waals surface area contributed by atoms with E-state index in [9.17, 15) is 4.39 Å². The fourth-order valence-electron chi connectivity index (χ4n) is 1.64. The van der Waals surface area contributed by atoms with Crippen LogP contribution in [0.15, 0.2) is 6.33 Å². The highest BCUT2D eigenvalue weighted by Gasteiger charge is 2.18. The number of hydrogen-bond acceptors (Lipinski definition) is 4. The Bertz CT molecular complexity index is 339. The molecule has 0 bridgehead atoms. The first-order chi connectivity index (χ1) is 7.33. The van der Waals surface area contributed by atoms with Gasteiger partial charge in [-0.1, -0.05) is 6.92 Å². The van der Waals surface area contributed by atoms with Gasteiger partial charge in [0.05, 0.1) is 5.69 Å². The largest absolute Gasteiger partial charge is 0.352 e. The Labute approximate surface area is 93.1 Å². The molecule has 1 fully saturated rings. The minimum absolute atomic E-state index is 0.244. The van der Waals surface area contributed by atoms with Gasteiger partial charge in [0.1, 0.15) is 6.33 Å². The maximum absolute atomic E-state index is 13.9. The first kappa shape index (κ1) is 10.7. The smallest absolute Gasteiger partial charge is 0.187 e. The minimum atomic E-state index is -0.244. The molecule has 1 aliphatic rings. The van der Waals surface area contributed by atoms with Crippen LogP contribution in [0, 0.1) is 5.82 Å². The van der Waals surface area contributed by atoms with Crippen LogP contribution in [-0.2, 0) is 6.42 Å². The second-order valence-corrected chi connectivity index (χ2v) is 4.64. The van der Waals surface area contributed by atoms with Crippen LogP contribution in [-0.4, -0.2) is 34.6 Å². The van der Waals surface area contributed by atoms with Gasteiger partial charge < -0.3 is 4.90 Å². The molecule has 0 aromatic carbocycles. The second-order valence-electron chi connectivity index (χ2n) is 3.41. The Morgan fingerprint density at radius 1 is 1.40 bits per heavy atom. The van der Waals surface area contributed by atoms with Crippen molar-refractivity contribution in [2.75, 3.05) is 29.5 Å². The Balaban J connectivity index is 2.26. The molecule has 0 N–H and O–H groups in total. The highest BCUT2D eigenvalue weighted by atomic mass is 32.2. The fourth-order valence-corrected chi connectivity index (χ4v) is 2.54. The maximum Gasteiger partial charge on any atom is 0.187 e. The van der Waals surface area contributed by atoms with Crippen LogP contribution < -0.4 is 4.90 Å². The summed E-state index contributed by atoms with van der Waals surface area (Å²) in [6.07, 6.45) is 2.07. The van der Waals surface area contributed by atoms with Crippen molar-refractivity contribution in [3.8, 4) is 0 Å². The third-order valence-electron chi connectivity index (χ3n) is 2.49. The van der Waals surface area contributed by atoms with Gasteiger partial charge >= 0.3 is 0 Å². The molecule has 0 amide bonds. The molecule has 0 radical (unpaired) electrons. The van der Waals surface area contributed by atoms with Crippen molar-refractivity contribution >= 4 is 17.6 Å². The van der Waals surface area contributed by atoms with Gasteiger partial charge in [-0.2, -0.15) is 11.8 Å². The van der Waals surface area contributed by atoms with E-state index in [0.29, 0.717) is 17.9 Å². The first-order valence-electron chi connectivity index (χ1n) is 5.15. The molecule has 0 spiro atoms. The Kier molecular flexibility index (Phi) is 3.41. The highest BCUT2D eigenvalue weighted by Crippen LogP contribution is 2.21. The number of aryl methyl sites for hydroxylation is 1. The molecule has 1 aliphatic heterocycles. The number of thioether (sulfide) groups is 1. The molecule has 0 unspecified atom stereocenters. The monoisotopic (exact) mass is 227 g/mol. The Hall–Kier alpha value is -0.840. The standard InChI is InChI=1S/C10H14FN3S/c1-2-8-9(11)10(13-7-12-8)14-3-5-15-6-4-14/h7H,2-6H2,1H3. The van der Waals surface area contributed by atoms with Gasteiger partial charge in [0.25, 0.3) is 0 Å². The van der Waals surface area contributed by atoms with Crippen LogP contribution in [0.5, 0.6) is 0 Å². The fraction of sp³-hybridized carbons (Fsp3) is 0.600. The van der Waals surface area contributed by atoms with Gasteiger partial charge in [0.2, 0.25) is 0 Å². The molecule has 1 saturated heterocycles. The van der Waals surface area contributed by atoms with Crippen LogP contribution in [0.3, 0.4) is 0 Å². The predicted molar refractivity (Wildman–Crippen MR) is 60.9 cm³/mol. The average molecular weight is 227 g/mol. The highest BCUT2D eigenvalue weighted by molar-refractivity contribution is 7.99. The lowest BCUT2D eigenvalue weighted by atomic mass is 10.3. The first-order valence-corrected chi connectivity index (χ1v) is 6.30. The summed E-state index contributed by atoms with van der Waals surface area (Å²) in [5.74, 6) is 2.32. The zero-order valence-corrected chi connectivity index (χ0v) is 9.56. The lowest BCUT2D eigenvalue weighted by molar-refractivity contribution is 0.585. The van der Waals surface area contributed by atoms with E-state index in [1.807, 2.05) is 23.6 Å². The summed E-state index contributed by atoms with van der Waals surface area (Å²) < 4.78 is 13.9. The number of rotatable bonds is 2. The molecule has 82 valence electrons. The van der Waals surface area contributed by atoms with Gasteiger partial charge in [-0.05, 0) is 6.42 Å². The lowest BCUT2D eigenvalue weighted by Crippen LogP contribution is -2.34. The van der Waals surface area contributed by atoms with Gasteiger partial charge in [-0.3, -0.25) is 0 Å². The number of nitrogens with zero attached hydrogens (tertiary/aromatic N) is 3. The number of hydrogen-bond donors (Lipinski definition) is 0. The van der Waals surface area contributed by atoms with Crippen molar-refractivity contribution < 1.29 is 4.39 Å². The summed E-state index contributed by atoms with van der Waals surface area (Å²) in [5, 5.41) is 0.